The molecule has 3 aromatic rings. The first kappa shape index (κ1) is 24.9. The molecule has 0 aromatic heterocycles. The number of amides is 1. The molecule has 0 saturated heterocycles. The maximum atomic E-state index is 13.7. The number of hydrogen-bond donors (Lipinski definition) is 0. The van der Waals surface area contributed by atoms with Crippen LogP contribution in [0.2, 0.25) is 5.02 Å². The normalized spacial score (nSPS) is 20.2. The molecule has 1 fully saturated rings. The molecule has 1 aliphatic heterocycles. The Morgan fingerprint density at radius 2 is 1.72 bits per heavy atom. The van der Waals surface area contributed by atoms with Gasteiger partial charge >= 0.3 is 0 Å². The van der Waals surface area contributed by atoms with Crippen LogP contribution in [0.15, 0.2) is 86.3 Å². The Balaban J connectivity index is 1.59. The van der Waals surface area contributed by atoms with E-state index in [1.54, 1.807) is 0 Å². The number of nitro benzene ring substituents is 1. The van der Waals surface area contributed by atoms with Crippen molar-refractivity contribution >= 4 is 66.8 Å². The lowest BCUT2D eigenvalue weighted by atomic mass is 9.77. The van der Waals surface area contributed by atoms with Crippen LogP contribution in [0.3, 0.4) is 0 Å². The smallest absolute Gasteiger partial charge is 0.267 e. The highest BCUT2D eigenvalue weighted by Crippen LogP contribution is 2.45. The van der Waals surface area contributed by atoms with Gasteiger partial charge in [0.2, 0.25) is 0 Å². The number of hydrogen-bond acceptors (Lipinski definition) is 4. The maximum Gasteiger partial charge on any atom is 0.288 e. The molecule has 3 aromatic carbocycles. The van der Waals surface area contributed by atoms with Gasteiger partial charge in [-0.1, -0.05) is 67.7 Å². The van der Waals surface area contributed by atoms with Crippen LogP contribution in [0.4, 0.5) is 5.69 Å². The fourth-order valence-corrected chi connectivity index (χ4v) is 5.55. The van der Waals surface area contributed by atoms with Gasteiger partial charge < -0.3 is 0 Å². The van der Waals surface area contributed by atoms with Gasteiger partial charge in [0.15, 0.2) is 0 Å². The molecule has 2 unspecified atom stereocenters. The first-order chi connectivity index (χ1) is 17.3. The molecule has 0 N–H and O–H groups in total. The molecule has 5 rings (SSSR count). The molecule has 2 atom stereocenters. The van der Waals surface area contributed by atoms with Gasteiger partial charge in [0.05, 0.1) is 16.7 Å². The first-order valence-electron chi connectivity index (χ1n) is 11.4. The van der Waals surface area contributed by atoms with Gasteiger partial charge in [-0.2, -0.15) is 5.10 Å². The van der Waals surface area contributed by atoms with Crippen LogP contribution < -0.4 is 0 Å². The third-order valence-corrected chi connectivity index (χ3v) is 7.90. The van der Waals surface area contributed by atoms with E-state index in [9.17, 15) is 14.9 Å². The van der Waals surface area contributed by atoms with Crippen LogP contribution in [0, 0.1) is 16.0 Å². The average Bonchev–Trinajstić information content (AvgIpc) is 3.26. The Kier molecular flexibility index (Phi) is 7.10. The molecule has 0 bridgehead atoms. The van der Waals surface area contributed by atoms with E-state index in [0.717, 1.165) is 50.6 Å². The molecule has 1 amide bonds. The van der Waals surface area contributed by atoms with Gasteiger partial charge in [0, 0.05) is 26.5 Å². The topological polar surface area (TPSA) is 75.8 Å². The van der Waals surface area contributed by atoms with Crippen LogP contribution in [0.5, 0.6) is 0 Å². The molecular formula is C27H20Br2ClN3O3. The summed E-state index contributed by atoms with van der Waals surface area (Å²) < 4.78 is 1.95. The monoisotopic (exact) mass is 627 g/mol. The summed E-state index contributed by atoms with van der Waals surface area (Å²) in [5, 5.41) is 17.8. The number of benzene rings is 3. The lowest BCUT2D eigenvalue weighted by Crippen LogP contribution is -2.32. The lowest BCUT2D eigenvalue weighted by molar-refractivity contribution is -0.384. The maximum absolute atomic E-state index is 13.7. The molecule has 1 saturated carbocycles. The van der Waals surface area contributed by atoms with Crippen molar-refractivity contribution in [1.29, 1.82) is 0 Å². The van der Waals surface area contributed by atoms with Crippen LogP contribution in [0.25, 0.3) is 6.08 Å². The van der Waals surface area contributed by atoms with E-state index in [1.165, 1.54) is 23.2 Å². The van der Waals surface area contributed by atoms with Crippen molar-refractivity contribution in [3.8, 4) is 0 Å². The van der Waals surface area contributed by atoms with Gasteiger partial charge in [-0.15, -0.1) is 0 Å². The zero-order chi connectivity index (χ0) is 25.4. The SMILES string of the molecule is O=C(c1ccc(Cl)c([N+](=O)[O-])c1)N1N=C2C(=Cc3ccc(Br)cc3)CCCC2C1c1ccc(Br)cc1. The highest BCUT2D eigenvalue weighted by atomic mass is 79.9. The number of carbonyl (C=O) groups is 1. The Hall–Kier alpha value is -2.81. The summed E-state index contributed by atoms with van der Waals surface area (Å²) in [5.74, 6) is -0.375. The molecule has 2 aliphatic rings. The van der Waals surface area contributed by atoms with Crippen LogP contribution in [-0.2, 0) is 0 Å². The predicted molar refractivity (Wildman–Crippen MR) is 148 cm³/mol. The van der Waals surface area contributed by atoms with Crippen molar-refractivity contribution in [3.05, 3.63) is 113 Å². The van der Waals surface area contributed by atoms with Gasteiger partial charge in [0.1, 0.15) is 5.02 Å². The van der Waals surface area contributed by atoms with Crippen molar-refractivity contribution in [2.75, 3.05) is 0 Å². The number of halogens is 3. The molecule has 1 aliphatic carbocycles. The zero-order valence-electron chi connectivity index (χ0n) is 18.9. The van der Waals surface area contributed by atoms with E-state index in [4.69, 9.17) is 16.7 Å². The second kappa shape index (κ2) is 10.3. The minimum Gasteiger partial charge on any atom is -0.267 e. The lowest BCUT2D eigenvalue weighted by Gasteiger charge is -2.29. The fourth-order valence-electron chi connectivity index (χ4n) is 4.84. The summed E-state index contributed by atoms with van der Waals surface area (Å²) in [6.45, 7) is 0. The molecule has 9 heteroatoms. The quantitative estimate of drug-likeness (QED) is 0.216. The molecule has 0 radical (unpaired) electrons. The standard InChI is InChI=1S/C27H20Br2ClN3O3/c28-20-9-4-16(5-10-20)14-18-2-1-3-22-25(18)31-32(26(22)17-6-11-21(29)12-7-17)27(34)19-8-13-23(30)24(15-19)33(35)36/h4-15,22,26H,1-3H2. The molecule has 0 spiro atoms. The van der Waals surface area contributed by atoms with E-state index in [-0.39, 0.29) is 28.2 Å². The number of hydrazone groups is 1. The molecular weight excluding hydrogens is 610 g/mol. The summed E-state index contributed by atoms with van der Waals surface area (Å²) in [4.78, 5) is 24.6. The van der Waals surface area contributed by atoms with Crippen molar-refractivity contribution in [1.82, 2.24) is 5.01 Å². The van der Waals surface area contributed by atoms with E-state index >= 15 is 0 Å². The number of nitro groups is 1. The predicted octanol–water partition coefficient (Wildman–Crippen LogP) is 8.21. The van der Waals surface area contributed by atoms with Gasteiger partial charge in [0.25, 0.3) is 11.6 Å². The second-order valence-corrected chi connectivity index (χ2v) is 11.0. The van der Waals surface area contributed by atoms with Crippen LogP contribution in [0.1, 0.15) is 46.8 Å². The van der Waals surface area contributed by atoms with E-state index in [1.807, 2.05) is 48.5 Å². The van der Waals surface area contributed by atoms with Gasteiger partial charge in [-0.25, -0.2) is 5.01 Å². The Morgan fingerprint density at radius 3 is 2.39 bits per heavy atom. The first-order valence-corrected chi connectivity index (χ1v) is 13.4. The summed E-state index contributed by atoms with van der Waals surface area (Å²) in [6, 6.07) is 19.8. The number of allylic oxidation sites excluding steroid dienone is 1. The minimum atomic E-state index is -0.583. The van der Waals surface area contributed by atoms with E-state index < -0.39 is 10.8 Å². The number of nitrogens with zero attached hydrogens (tertiary/aromatic N) is 3. The Labute approximate surface area is 230 Å². The molecule has 182 valence electrons. The highest BCUT2D eigenvalue weighted by Gasteiger charge is 2.44. The second-order valence-electron chi connectivity index (χ2n) is 8.77. The summed E-state index contributed by atoms with van der Waals surface area (Å²) >= 11 is 13.0. The minimum absolute atomic E-state index is 0.0119. The molecule has 36 heavy (non-hydrogen) atoms. The molecule has 1 heterocycles. The summed E-state index contributed by atoms with van der Waals surface area (Å²) in [7, 11) is 0. The number of fused-ring (bicyclic) bond motifs is 1. The van der Waals surface area contributed by atoms with Crippen molar-refractivity contribution in [2.45, 2.75) is 25.3 Å². The summed E-state index contributed by atoms with van der Waals surface area (Å²) in [5.41, 5.74) is 3.90. The largest absolute Gasteiger partial charge is 0.288 e. The highest BCUT2D eigenvalue weighted by molar-refractivity contribution is 9.10. The molecule has 6 nitrogen and oxygen atoms in total. The average molecular weight is 630 g/mol. The van der Waals surface area contributed by atoms with E-state index in [0.29, 0.717) is 0 Å². The van der Waals surface area contributed by atoms with Crippen molar-refractivity contribution < 1.29 is 9.72 Å². The summed E-state index contributed by atoms with van der Waals surface area (Å²) in [6.07, 6.45) is 4.87. The Bertz CT molecular complexity index is 1400. The van der Waals surface area contributed by atoms with Crippen LogP contribution in [-0.4, -0.2) is 21.6 Å². The van der Waals surface area contributed by atoms with Crippen LogP contribution >= 0.6 is 43.5 Å². The van der Waals surface area contributed by atoms with Crippen molar-refractivity contribution in [3.63, 3.8) is 0 Å². The van der Waals surface area contributed by atoms with Gasteiger partial charge in [-0.05, 0) is 78.4 Å². The number of rotatable bonds is 4. The number of carbonyl (C=O) groups excluding carboxylic acids is 1. The van der Waals surface area contributed by atoms with E-state index in [2.05, 4.69) is 37.9 Å². The van der Waals surface area contributed by atoms with Gasteiger partial charge in [-0.3, -0.25) is 14.9 Å². The third kappa shape index (κ3) is 4.90. The Morgan fingerprint density at radius 1 is 1.06 bits per heavy atom. The third-order valence-electron chi connectivity index (χ3n) is 6.52. The van der Waals surface area contributed by atoms with Crippen molar-refractivity contribution in [2.24, 2.45) is 11.0 Å². The zero-order valence-corrected chi connectivity index (χ0v) is 22.8. The fraction of sp³-hybridized carbons (Fsp3) is 0.185.